The standard InChI is InChI=1S/C15H19N5O3/c1-8-4-5-19(11(6-8)14(22)23)13(21)12-17-15-16-9(2)7-10(3)20(15)18-12/h7-8,11H,4-6H2,1-3H3,(H,22,23). The molecular formula is C15H19N5O3. The second-order valence-electron chi connectivity index (χ2n) is 6.17. The molecule has 23 heavy (non-hydrogen) atoms. The molecule has 2 atom stereocenters. The molecule has 0 saturated carbocycles. The SMILES string of the molecule is Cc1cc(C)n2nc(C(=O)N3CCC(C)CC3C(=O)O)nc2n1. The molecule has 3 rings (SSSR count). The number of likely N-dealkylation sites (tertiary alicyclic amines) is 1. The zero-order valence-corrected chi connectivity index (χ0v) is 13.4. The summed E-state index contributed by atoms with van der Waals surface area (Å²) in [7, 11) is 0. The minimum atomic E-state index is -0.987. The number of aliphatic carboxylic acids is 1. The first-order valence-electron chi connectivity index (χ1n) is 7.61. The highest BCUT2D eigenvalue weighted by molar-refractivity contribution is 5.94. The first kappa shape index (κ1) is 15.4. The summed E-state index contributed by atoms with van der Waals surface area (Å²) in [4.78, 5) is 33.9. The molecule has 1 amide bonds. The van der Waals surface area contributed by atoms with Gasteiger partial charge in [-0.1, -0.05) is 6.92 Å². The second-order valence-corrected chi connectivity index (χ2v) is 6.17. The molecule has 8 heteroatoms. The van der Waals surface area contributed by atoms with Crippen LogP contribution in [0.1, 0.15) is 41.8 Å². The number of aromatic nitrogens is 4. The van der Waals surface area contributed by atoms with Crippen LogP contribution in [-0.2, 0) is 4.79 Å². The second kappa shape index (κ2) is 5.60. The third-order valence-corrected chi connectivity index (χ3v) is 4.22. The van der Waals surface area contributed by atoms with Crippen molar-refractivity contribution in [2.24, 2.45) is 5.92 Å². The van der Waals surface area contributed by atoms with Gasteiger partial charge in [0.15, 0.2) is 0 Å². The van der Waals surface area contributed by atoms with E-state index in [9.17, 15) is 14.7 Å². The van der Waals surface area contributed by atoms with Crippen LogP contribution in [0.2, 0.25) is 0 Å². The molecule has 122 valence electrons. The van der Waals surface area contributed by atoms with Crippen LogP contribution in [0.4, 0.5) is 0 Å². The number of piperidine rings is 1. The van der Waals surface area contributed by atoms with Gasteiger partial charge in [-0.2, -0.15) is 4.98 Å². The lowest BCUT2D eigenvalue weighted by atomic mass is 9.92. The minimum absolute atomic E-state index is 0.00740. The van der Waals surface area contributed by atoms with Crippen molar-refractivity contribution in [1.29, 1.82) is 0 Å². The largest absolute Gasteiger partial charge is 0.480 e. The molecule has 8 nitrogen and oxygen atoms in total. The van der Waals surface area contributed by atoms with Crippen LogP contribution in [-0.4, -0.2) is 54.1 Å². The molecule has 0 bridgehead atoms. The van der Waals surface area contributed by atoms with Gasteiger partial charge < -0.3 is 10.0 Å². The Hall–Kier alpha value is -2.51. The van der Waals surface area contributed by atoms with Crippen LogP contribution in [0.3, 0.4) is 0 Å². The molecule has 2 aromatic heterocycles. The van der Waals surface area contributed by atoms with Gasteiger partial charge in [0.2, 0.25) is 5.82 Å². The highest BCUT2D eigenvalue weighted by Gasteiger charge is 2.36. The van der Waals surface area contributed by atoms with Gasteiger partial charge in [-0.15, -0.1) is 5.10 Å². The normalized spacial score (nSPS) is 21.6. The van der Waals surface area contributed by atoms with Crippen molar-refractivity contribution in [3.05, 3.63) is 23.3 Å². The number of rotatable bonds is 2. The van der Waals surface area contributed by atoms with Gasteiger partial charge in [0.05, 0.1) is 0 Å². The predicted octanol–water partition coefficient (Wildman–Crippen LogP) is 1.07. The Morgan fingerprint density at radius 3 is 2.74 bits per heavy atom. The maximum Gasteiger partial charge on any atom is 0.326 e. The van der Waals surface area contributed by atoms with E-state index in [0.717, 1.165) is 17.8 Å². The highest BCUT2D eigenvalue weighted by Crippen LogP contribution is 2.24. The van der Waals surface area contributed by atoms with Crippen molar-refractivity contribution >= 4 is 17.7 Å². The molecule has 1 N–H and O–H groups in total. The Kier molecular flexibility index (Phi) is 3.75. The van der Waals surface area contributed by atoms with Gasteiger partial charge >= 0.3 is 5.97 Å². The molecule has 2 aromatic rings. The van der Waals surface area contributed by atoms with Crippen LogP contribution in [0, 0.1) is 19.8 Å². The van der Waals surface area contributed by atoms with Crippen molar-refractivity contribution in [2.45, 2.75) is 39.7 Å². The van der Waals surface area contributed by atoms with Crippen LogP contribution >= 0.6 is 0 Å². The van der Waals surface area contributed by atoms with Gasteiger partial charge in [0, 0.05) is 17.9 Å². The fourth-order valence-corrected chi connectivity index (χ4v) is 3.00. The number of amides is 1. The Morgan fingerprint density at radius 2 is 2.04 bits per heavy atom. The Morgan fingerprint density at radius 1 is 1.30 bits per heavy atom. The minimum Gasteiger partial charge on any atom is -0.480 e. The number of hydrogen-bond donors (Lipinski definition) is 1. The Balaban J connectivity index is 1.96. The predicted molar refractivity (Wildman–Crippen MR) is 81.1 cm³/mol. The van der Waals surface area contributed by atoms with E-state index < -0.39 is 17.9 Å². The molecule has 1 aliphatic heterocycles. The van der Waals surface area contributed by atoms with Crippen LogP contribution in [0.5, 0.6) is 0 Å². The maximum absolute atomic E-state index is 12.7. The van der Waals surface area contributed by atoms with Gasteiger partial charge in [-0.25, -0.2) is 14.3 Å². The fraction of sp³-hybridized carbons (Fsp3) is 0.533. The zero-order valence-electron chi connectivity index (χ0n) is 13.4. The number of carbonyl (C=O) groups is 2. The number of hydrogen-bond acceptors (Lipinski definition) is 5. The van der Waals surface area contributed by atoms with Crippen molar-refractivity contribution in [2.75, 3.05) is 6.54 Å². The Bertz CT molecular complexity index is 785. The molecule has 1 aliphatic rings. The molecule has 1 saturated heterocycles. The van der Waals surface area contributed by atoms with Crippen LogP contribution < -0.4 is 0 Å². The summed E-state index contributed by atoms with van der Waals surface area (Å²) in [6.07, 6.45) is 1.23. The lowest BCUT2D eigenvalue weighted by Crippen LogP contribution is -2.50. The van der Waals surface area contributed by atoms with Gasteiger partial charge in [-0.05, 0) is 38.7 Å². The maximum atomic E-state index is 12.7. The summed E-state index contributed by atoms with van der Waals surface area (Å²) in [5, 5.41) is 13.6. The fourth-order valence-electron chi connectivity index (χ4n) is 3.00. The quantitative estimate of drug-likeness (QED) is 0.889. The third kappa shape index (κ3) is 2.76. The molecule has 2 unspecified atom stereocenters. The first-order chi connectivity index (χ1) is 10.9. The molecule has 0 spiro atoms. The van der Waals surface area contributed by atoms with Crippen molar-refractivity contribution < 1.29 is 14.7 Å². The molecule has 0 radical (unpaired) electrons. The van der Waals surface area contributed by atoms with Gasteiger partial charge in [0.1, 0.15) is 6.04 Å². The van der Waals surface area contributed by atoms with Crippen LogP contribution in [0.15, 0.2) is 6.07 Å². The lowest BCUT2D eigenvalue weighted by molar-refractivity contribution is -0.144. The summed E-state index contributed by atoms with van der Waals surface area (Å²) in [6.45, 7) is 6.10. The molecule has 1 fully saturated rings. The summed E-state index contributed by atoms with van der Waals surface area (Å²) in [5.41, 5.74) is 1.61. The third-order valence-electron chi connectivity index (χ3n) is 4.22. The van der Waals surface area contributed by atoms with Gasteiger partial charge in [-0.3, -0.25) is 4.79 Å². The highest BCUT2D eigenvalue weighted by atomic mass is 16.4. The van der Waals surface area contributed by atoms with E-state index in [4.69, 9.17) is 0 Å². The average molecular weight is 317 g/mol. The number of carboxylic acid groups (broad SMARTS) is 1. The van der Waals surface area contributed by atoms with E-state index in [-0.39, 0.29) is 11.7 Å². The summed E-state index contributed by atoms with van der Waals surface area (Å²) in [6, 6.07) is 1.02. The van der Waals surface area contributed by atoms with E-state index >= 15 is 0 Å². The van der Waals surface area contributed by atoms with E-state index in [0.29, 0.717) is 18.7 Å². The summed E-state index contributed by atoms with van der Waals surface area (Å²) < 4.78 is 1.50. The zero-order chi connectivity index (χ0) is 16.7. The number of carboxylic acids is 1. The number of fused-ring (bicyclic) bond motifs is 1. The molecule has 0 aromatic carbocycles. The van der Waals surface area contributed by atoms with Crippen molar-refractivity contribution in [3.63, 3.8) is 0 Å². The topological polar surface area (TPSA) is 101 Å². The van der Waals surface area contributed by atoms with E-state index in [1.165, 1.54) is 9.42 Å². The molecule has 3 heterocycles. The van der Waals surface area contributed by atoms with E-state index in [1.54, 1.807) is 0 Å². The molecule has 0 aliphatic carbocycles. The van der Waals surface area contributed by atoms with Crippen molar-refractivity contribution in [1.82, 2.24) is 24.5 Å². The average Bonchev–Trinajstić information content (AvgIpc) is 2.90. The summed E-state index contributed by atoms with van der Waals surface area (Å²) >= 11 is 0. The monoisotopic (exact) mass is 317 g/mol. The van der Waals surface area contributed by atoms with Gasteiger partial charge in [0.25, 0.3) is 11.7 Å². The lowest BCUT2D eigenvalue weighted by Gasteiger charge is -2.35. The molecular weight excluding hydrogens is 298 g/mol. The first-order valence-corrected chi connectivity index (χ1v) is 7.61. The number of nitrogens with zero attached hydrogens (tertiary/aromatic N) is 5. The smallest absolute Gasteiger partial charge is 0.326 e. The number of carbonyl (C=O) groups excluding carboxylic acids is 1. The van der Waals surface area contributed by atoms with E-state index in [1.807, 2.05) is 26.8 Å². The van der Waals surface area contributed by atoms with Crippen molar-refractivity contribution in [3.8, 4) is 0 Å². The Labute approximate surface area is 133 Å². The number of aryl methyl sites for hydroxylation is 2. The summed E-state index contributed by atoms with van der Waals surface area (Å²) in [5.74, 6) is -0.818. The van der Waals surface area contributed by atoms with E-state index in [2.05, 4.69) is 15.1 Å². The van der Waals surface area contributed by atoms with Crippen LogP contribution in [0.25, 0.3) is 5.78 Å².